The van der Waals surface area contributed by atoms with Crippen LogP contribution in [0.1, 0.15) is 16.1 Å². The van der Waals surface area contributed by atoms with Crippen LogP contribution in [0.2, 0.25) is 0 Å². The summed E-state index contributed by atoms with van der Waals surface area (Å²) in [7, 11) is 4.10. The van der Waals surface area contributed by atoms with Crippen molar-refractivity contribution in [3.63, 3.8) is 0 Å². The molecule has 7 rings (SSSR count). The summed E-state index contributed by atoms with van der Waals surface area (Å²) in [5.41, 5.74) is 8.74. The zero-order chi connectivity index (χ0) is 33.0. The molecule has 238 valence electrons. The van der Waals surface area contributed by atoms with Gasteiger partial charge in [0, 0.05) is 46.3 Å². The lowest BCUT2D eigenvalue weighted by Gasteiger charge is -2.12. The summed E-state index contributed by atoms with van der Waals surface area (Å²) in [6.45, 7) is 2.84. The third-order valence-corrected chi connectivity index (χ3v) is 8.86. The van der Waals surface area contributed by atoms with Crippen LogP contribution in [0, 0.1) is 6.92 Å². The Labute approximate surface area is 283 Å². The molecule has 0 spiro atoms. The van der Waals surface area contributed by atoms with Crippen molar-refractivity contribution >= 4 is 40.1 Å². The van der Waals surface area contributed by atoms with E-state index in [0.29, 0.717) is 11.6 Å². The van der Waals surface area contributed by atoms with Crippen LogP contribution in [0.25, 0.3) is 38.6 Å². The van der Waals surface area contributed by atoms with Gasteiger partial charge in [-0.25, -0.2) is 19.5 Å². The SMILES string of the molecule is Cc1sc(-c2ccccc2)nc1CC(=O)Nc1cccc(-c2nn3ccccc3c2-c2ccnc(Nc3cccc(CN(C)C)c3)n2)c1. The Balaban J connectivity index is 1.16. The number of nitrogens with one attached hydrogen (secondary N) is 2. The summed E-state index contributed by atoms with van der Waals surface area (Å²) in [5.74, 6) is 0.362. The first-order chi connectivity index (χ1) is 23.4. The Hall–Kier alpha value is -5.71. The molecule has 48 heavy (non-hydrogen) atoms. The van der Waals surface area contributed by atoms with Crippen molar-refractivity contribution in [3.05, 3.63) is 132 Å². The first-order valence-electron chi connectivity index (χ1n) is 15.6. The first kappa shape index (κ1) is 30.9. The number of aromatic nitrogens is 5. The second kappa shape index (κ2) is 13.6. The molecule has 4 heterocycles. The molecule has 0 saturated carbocycles. The number of aryl methyl sites for hydroxylation is 1. The van der Waals surface area contributed by atoms with Gasteiger partial charge < -0.3 is 15.5 Å². The molecule has 10 heteroatoms. The highest BCUT2D eigenvalue weighted by Gasteiger charge is 2.19. The van der Waals surface area contributed by atoms with Crippen molar-refractivity contribution in [3.8, 4) is 33.1 Å². The Morgan fingerprint density at radius 2 is 1.65 bits per heavy atom. The number of carbonyl (C=O) groups is 1. The topological polar surface area (TPSA) is 100 Å². The highest BCUT2D eigenvalue weighted by Crippen LogP contribution is 2.36. The minimum Gasteiger partial charge on any atom is -0.326 e. The van der Waals surface area contributed by atoms with E-state index in [1.807, 2.05) is 109 Å². The Morgan fingerprint density at radius 1 is 0.854 bits per heavy atom. The average molecular weight is 651 g/mol. The van der Waals surface area contributed by atoms with E-state index in [1.165, 1.54) is 5.56 Å². The van der Waals surface area contributed by atoms with Gasteiger partial charge >= 0.3 is 0 Å². The molecule has 0 unspecified atom stereocenters. The Bertz CT molecular complexity index is 2220. The minimum absolute atomic E-state index is 0.128. The Kier molecular flexibility index (Phi) is 8.74. The lowest BCUT2D eigenvalue weighted by molar-refractivity contribution is -0.115. The average Bonchev–Trinajstić information content (AvgIpc) is 3.65. The molecule has 3 aromatic carbocycles. The van der Waals surface area contributed by atoms with Crippen LogP contribution in [-0.2, 0) is 17.8 Å². The summed E-state index contributed by atoms with van der Waals surface area (Å²) in [4.78, 5) is 30.6. The van der Waals surface area contributed by atoms with Gasteiger partial charge in [0.25, 0.3) is 0 Å². The van der Waals surface area contributed by atoms with E-state index in [0.717, 1.165) is 61.4 Å². The first-order valence-corrected chi connectivity index (χ1v) is 16.4. The summed E-state index contributed by atoms with van der Waals surface area (Å²) < 4.78 is 1.85. The van der Waals surface area contributed by atoms with Gasteiger partial charge in [0.05, 0.1) is 28.9 Å². The number of thiazole rings is 1. The molecule has 0 aliphatic heterocycles. The molecule has 1 amide bonds. The zero-order valence-electron chi connectivity index (χ0n) is 26.9. The van der Waals surface area contributed by atoms with Crippen molar-refractivity contribution in [2.45, 2.75) is 19.9 Å². The summed E-state index contributed by atoms with van der Waals surface area (Å²) in [5, 5.41) is 12.3. The van der Waals surface area contributed by atoms with Crippen LogP contribution in [0.3, 0.4) is 0 Å². The largest absolute Gasteiger partial charge is 0.326 e. The molecule has 0 saturated heterocycles. The zero-order valence-corrected chi connectivity index (χ0v) is 27.7. The van der Waals surface area contributed by atoms with Crippen molar-refractivity contribution in [2.75, 3.05) is 24.7 Å². The lowest BCUT2D eigenvalue weighted by Crippen LogP contribution is -2.15. The fraction of sp³-hybridized carbons (Fsp3) is 0.132. The molecule has 0 aliphatic carbocycles. The smallest absolute Gasteiger partial charge is 0.230 e. The van der Waals surface area contributed by atoms with E-state index in [-0.39, 0.29) is 12.3 Å². The van der Waals surface area contributed by atoms with E-state index in [1.54, 1.807) is 17.5 Å². The highest BCUT2D eigenvalue weighted by atomic mass is 32.1. The van der Waals surface area contributed by atoms with Crippen LogP contribution in [0.4, 0.5) is 17.3 Å². The molecule has 0 radical (unpaired) electrons. The quantitative estimate of drug-likeness (QED) is 0.155. The van der Waals surface area contributed by atoms with Gasteiger partial charge in [-0.05, 0) is 69.0 Å². The van der Waals surface area contributed by atoms with Crippen LogP contribution in [-0.4, -0.2) is 49.5 Å². The van der Waals surface area contributed by atoms with Gasteiger partial charge in [-0.2, -0.15) is 5.10 Å². The number of carbonyl (C=O) groups excluding carboxylic acids is 1. The number of nitrogens with zero attached hydrogens (tertiary/aromatic N) is 6. The van der Waals surface area contributed by atoms with E-state index in [9.17, 15) is 4.79 Å². The molecule has 0 bridgehead atoms. The number of amides is 1. The van der Waals surface area contributed by atoms with Gasteiger partial charge in [-0.1, -0.05) is 60.7 Å². The maximum absolute atomic E-state index is 13.2. The maximum Gasteiger partial charge on any atom is 0.230 e. The number of hydrogen-bond donors (Lipinski definition) is 2. The number of pyridine rings is 1. The standard InChI is InChI=1S/C38H34N8OS/c1-25-32(42-37(48-25)27-12-5-4-6-13-27)23-34(47)40-30-16-10-14-28(22-30)36-35(33-17-7-8-20-46(33)44-36)31-18-19-39-38(43-31)41-29-15-9-11-26(21-29)24-45(2)3/h4-22H,23-24H2,1-3H3,(H,40,47)(H,39,41,43). The third kappa shape index (κ3) is 6.85. The second-order valence-electron chi connectivity index (χ2n) is 11.8. The van der Waals surface area contributed by atoms with Gasteiger partial charge in [0.15, 0.2) is 0 Å². The van der Waals surface area contributed by atoms with E-state index < -0.39 is 0 Å². The van der Waals surface area contributed by atoms with E-state index in [4.69, 9.17) is 15.1 Å². The van der Waals surface area contributed by atoms with Crippen molar-refractivity contribution in [1.82, 2.24) is 29.5 Å². The molecule has 4 aromatic heterocycles. The molecular weight excluding hydrogens is 617 g/mol. The van der Waals surface area contributed by atoms with Gasteiger partial charge in [0.1, 0.15) is 10.7 Å². The second-order valence-corrected chi connectivity index (χ2v) is 13.0. The number of anilines is 3. The number of hydrogen-bond acceptors (Lipinski definition) is 8. The van der Waals surface area contributed by atoms with Gasteiger partial charge in [0.2, 0.25) is 11.9 Å². The lowest BCUT2D eigenvalue weighted by atomic mass is 10.0. The van der Waals surface area contributed by atoms with Crippen LogP contribution in [0.5, 0.6) is 0 Å². The molecule has 0 fully saturated rings. The van der Waals surface area contributed by atoms with Crippen LogP contribution < -0.4 is 10.6 Å². The molecule has 7 aromatic rings. The van der Waals surface area contributed by atoms with Gasteiger partial charge in [-0.3, -0.25) is 4.79 Å². The highest BCUT2D eigenvalue weighted by molar-refractivity contribution is 7.15. The number of fused-ring (bicyclic) bond motifs is 1. The maximum atomic E-state index is 13.2. The predicted octanol–water partition coefficient (Wildman–Crippen LogP) is 7.88. The predicted molar refractivity (Wildman–Crippen MR) is 193 cm³/mol. The summed E-state index contributed by atoms with van der Waals surface area (Å²) >= 11 is 1.60. The number of rotatable bonds is 10. The minimum atomic E-state index is -0.128. The molecule has 0 aliphatic rings. The van der Waals surface area contributed by atoms with E-state index in [2.05, 4.69) is 46.7 Å². The molecular formula is C38H34N8OS. The fourth-order valence-electron chi connectivity index (χ4n) is 5.65. The number of benzene rings is 3. The molecule has 0 atom stereocenters. The summed E-state index contributed by atoms with van der Waals surface area (Å²) in [6.07, 6.45) is 3.86. The van der Waals surface area contributed by atoms with E-state index >= 15 is 0 Å². The van der Waals surface area contributed by atoms with Crippen molar-refractivity contribution in [1.29, 1.82) is 0 Å². The van der Waals surface area contributed by atoms with Crippen LogP contribution >= 0.6 is 11.3 Å². The monoisotopic (exact) mass is 650 g/mol. The van der Waals surface area contributed by atoms with Crippen molar-refractivity contribution in [2.24, 2.45) is 0 Å². The summed E-state index contributed by atoms with van der Waals surface area (Å²) in [6, 6.07) is 33.9. The fourth-order valence-corrected chi connectivity index (χ4v) is 6.59. The third-order valence-electron chi connectivity index (χ3n) is 7.79. The van der Waals surface area contributed by atoms with Crippen LogP contribution in [0.15, 0.2) is 116 Å². The molecule has 2 N–H and O–H groups in total. The Morgan fingerprint density at radius 3 is 2.50 bits per heavy atom. The van der Waals surface area contributed by atoms with Gasteiger partial charge in [-0.15, -0.1) is 11.3 Å². The molecule has 9 nitrogen and oxygen atoms in total. The normalized spacial score (nSPS) is 11.2. The van der Waals surface area contributed by atoms with Crippen molar-refractivity contribution < 1.29 is 4.79 Å².